The van der Waals surface area contributed by atoms with E-state index in [9.17, 15) is 4.39 Å². The van der Waals surface area contributed by atoms with Gasteiger partial charge in [0, 0.05) is 19.6 Å². The van der Waals surface area contributed by atoms with E-state index in [0.717, 1.165) is 30.8 Å². The summed E-state index contributed by atoms with van der Waals surface area (Å²) in [4.78, 5) is 4.44. The first-order valence-corrected chi connectivity index (χ1v) is 7.01. The van der Waals surface area contributed by atoms with Crippen molar-refractivity contribution in [2.75, 3.05) is 32.1 Å². The molecule has 2 nitrogen and oxygen atoms in total. The second-order valence-electron chi connectivity index (χ2n) is 6.70. The first-order chi connectivity index (χ1) is 8.80. The van der Waals surface area contributed by atoms with Gasteiger partial charge in [0.1, 0.15) is 5.82 Å². The smallest absolute Gasteiger partial charge is 0.146 e. The van der Waals surface area contributed by atoms with Crippen molar-refractivity contribution in [3.63, 3.8) is 0 Å². The van der Waals surface area contributed by atoms with Gasteiger partial charge < -0.3 is 9.80 Å². The standard InChI is InChI=1S/C16H25FN2/c1-16(2,3)13-7-6-8-14(17)15(13)19(5)12-9-10-18(4)11-12/h6-8,12H,9-11H2,1-5H3. The number of hydrogen-bond donors (Lipinski definition) is 0. The molecule has 2 rings (SSSR count). The van der Waals surface area contributed by atoms with Crippen molar-refractivity contribution in [2.45, 2.75) is 38.6 Å². The second-order valence-corrected chi connectivity index (χ2v) is 6.70. The van der Waals surface area contributed by atoms with Crippen molar-refractivity contribution in [3.05, 3.63) is 29.6 Å². The Hall–Kier alpha value is -1.09. The van der Waals surface area contributed by atoms with E-state index in [1.807, 2.05) is 19.2 Å². The monoisotopic (exact) mass is 264 g/mol. The predicted octanol–water partition coefficient (Wildman–Crippen LogP) is 3.26. The third kappa shape index (κ3) is 2.92. The van der Waals surface area contributed by atoms with Gasteiger partial charge in [-0.3, -0.25) is 0 Å². The van der Waals surface area contributed by atoms with Crippen molar-refractivity contribution in [3.8, 4) is 0 Å². The van der Waals surface area contributed by atoms with Gasteiger partial charge in [-0.15, -0.1) is 0 Å². The topological polar surface area (TPSA) is 6.48 Å². The Balaban J connectivity index is 2.38. The molecule has 1 unspecified atom stereocenters. The van der Waals surface area contributed by atoms with Crippen LogP contribution in [-0.2, 0) is 5.41 Å². The predicted molar refractivity (Wildman–Crippen MR) is 79.4 cm³/mol. The maximum absolute atomic E-state index is 14.3. The van der Waals surface area contributed by atoms with E-state index in [4.69, 9.17) is 0 Å². The van der Waals surface area contributed by atoms with Crippen LogP contribution in [0.15, 0.2) is 18.2 Å². The van der Waals surface area contributed by atoms with E-state index < -0.39 is 0 Å². The molecule has 1 atom stereocenters. The Morgan fingerprint density at radius 1 is 1.32 bits per heavy atom. The highest BCUT2D eigenvalue weighted by Crippen LogP contribution is 2.35. The Morgan fingerprint density at radius 2 is 2.00 bits per heavy atom. The molecule has 0 aromatic heterocycles. The molecular formula is C16H25FN2. The first-order valence-electron chi connectivity index (χ1n) is 7.01. The summed E-state index contributed by atoms with van der Waals surface area (Å²) in [5, 5.41) is 0. The van der Waals surface area contributed by atoms with E-state index in [0.29, 0.717) is 6.04 Å². The summed E-state index contributed by atoms with van der Waals surface area (Å²) in [6.07, 6.45) is 1.10. The largest absolute Gasteiger partial charge is 0.368 e. The molecule has 1 heterocycles. The maximum atomic E-state index is 14.3. The zero-order valence-electron chi connectivity index (χ0n) is 12.7. The van der Waals surface area contributed by atoms with Gasteiger partial charge in [0.05, 0.1) is 5.69 Å². The molecule has 19 heavy (non-hydrogen) atoms. The van der Waals surface area contributed by atoms with Gasteiger partial charge in [-0.25, -0.2) is 4.39 Å². The van der Waals surface area contributed by atoms with E-state index in [2.05, 4.69) is 37.6 Å². The zero-order chi connectivity index (χ0) is 14.2. The molecule has 0 amide bonds. The fourth-order valence-corrected chi connectivity index (χ4v) is 2.89. The Labute approximate surface area is 116 Å². The number of rotatable bonds is 2. The summed E-state index contributed by atoms with van der Waals surface area (Å²) in [5.41, 5.74) is 1.82. The van der Waals surface area contributed by atoms with Crippen molar-refractivity contribution < 1.29 is 4.39 Å². The van der Waals surface area contributed by atoms with Crippen molar-refractivity contribution in [2.24, 2.45) is 0 Å². The molecule has 0 spiro atoms. The lowest BCUT2D eigenvalue weighted by atomic mass is 9.85. The van der Waals surface area contributed by atoms with Gasteiger partial charge in [-0.2, -0.15) is 0 Å². The molecule has 0 bridgehead atoms. The molecule has 1 saturated heterocycles. The molecule has 3 heteroatoms. The quantitative estimate of drug-likeness (QED) is 0.809. The number of likely N-dealkylation sites (tertiary alicyclic amines) is 1. The molecule has 0 aliphatic carbocycles. The molecule has 106 valence electrons. The van der Waals surface area contributed by atoms with Crippen LogP contribution in [0.25, 0.3) is 0 Å². The van der Waals surface area contributed by atoms with Crippen LogP contribution in [0.5, 0.6) is 0 Å². The first kappa shape index (κ1) is 14.3. The zero-order valence-corrected chi connectivity index (χ0v) is 12.7. The van der Waals surface area contributed by atoms with Crippen LogP contribution in [0, 0.1) is 5.82 Å². The average Bonchev–Trinajstić information content (AvgIpc) is 2.73. The summed E-state index contributed by atoms with van der Waals surface area (Å²) < 4.78 is 14.3. The minimum atomic E-state index is -0.107. The fourth-order valence-electron chi connectivity index (χ4n) is 2.89. The van der Waals surface area contributed by atoms with Crippen LogP contribution in [-0.4, -0.2) is 38.1 Å². The lowest BCUT2D eigenvalue weighted by Gasteiger charge is -2.33. The molecule has 1 fully saturated rings. The third-order valence-corrected chi connectivity index (χ3v) is 4.06. The molecule has 1 aromatic rings. The van der Waals surface area contributed by atoms with Crippen LogP contribution in [0.3, 0.4) is 0 Å². The van der Waals surface area contributed by atoms with Crippen LogP contribution in [0.1, 0.15) is 32.8 Å². The van der Waals surface area contributed by atoms with Crippen LogP contribution < -0.4 is 4.90 Å². The van der Waals surface area contributed by atoms with Crippen molar-refractivity contribution in [1.82, 2.24) is 4.90 Å². The molecular weight excluding hydrogens is 239 g/mol. The van der Waals surface area contributed by atoms with Crippen molar-refractivity contribution >= 4 is 5.69 Å². The minimum absolute atomic E-state index is 0.0454. The second kappa shape index (κ2) is 5.12. The highest BCUT2D eigenvalue weighted by Gasteiger charge is 2.29. The highest BCUT2D eigenvalue weighted by molar-refractivity contribution is 5.58. The number of nitrogens with zero attached hydrogens (tertiary/aromatic N) is 2. The Kier molecular flexibility index (Phi) is 3.86. The lowest BCUT2D eigenvalue weighted by Crippen LogP contribution is -2.36. The van der Waals surface area contributed by atoms with E-state index in [-0.39, 0.29) is 11.2 Å². The van der Waals surface area contributed by atoms with Gasteiger partial charge in [-0.1, -0.05) is 32.9 Å². The summed E-state index contributed by atoms with van der Waals surface area (Å²) in [6.45, 7) is 8.52. The van der Waals surface area contributed by atoms with Gasteiger partial charge in [0.15, 0.2) is 0 Å². The summed E-state index contributed by atoms with van der Waals surface area (Å²) in [6, 6.07) is 5.84. The van der Waals surface area contributed by atoms with Gasteiger partial charge in [0.25, 0.3) is 0 Å². The maximum Gasteiger partial charge on any atom is 0.146 e. The van der Waals surface area contributed by atoms with E-state index in [1.165, 1.54) is 0 Å². The molecule has 0 saturated carbocycles. The van der Waals surface area contributed by atoms with Crippen molar-refractivity contribution in [1.29, 1.82) is 0 Å². The summed E-state index contributed by atoms with van der Waals surface area (Å²) in [7, 11) is 4.15. The number of likely N-dealkylation sites (N-methyl/N-ethyl adjacent to an activating group) is 2. The normalized spacial score (nSPS) is 20.8. The Bertz CT molecular complexity index is 451. The van der Waals surface area contributed by atoms with Crippen LogP contribution in [0.4, 0.5) is 10.1 Å². The molecule has 1 aliphatic heterocycles. The molecule has 0 radical (unpaired) electrons. The molecule has 1 aliphatic rings. The van der Waals surface area contributed by atoms with E-state index >= 15 is 0 Å². The fraction of sp³-hybridized carbons (Fsp3) is 0.625. The number of benzene rings is 1. The van der Waals surface area contributed by atoms with Crippen LogP contribution >= 0.6 is 0 Å². The van der Waals surface area contributed by atoms with Crippen LogP contribution in [0.2, 0.25) is 0 Å². The highest BCUT2D eigenvalue weighted by atomic mass is 19.1. The number of halogens is 1. The lowest BCUT2D eigenvalue weighted by molar-refractivity contribution is 0.408. The van der Waals surface area contributed by atoms with Gasteiger partial charge >= 0.3 is 0 Å². The van der Waals surface area contributed by atoms with Gasteiger partial charge in [0.2, 0.25) is 0 Å². The SMILES string of the molecule is CN1CCC(N(C)c2c(F)cccc2C(C)(C)C)C1. The number of para-hydroxylation sites is 1. The summed E-state index contributed by atoms with van der Waals surface area (Å²) in [5.74, 6) is -0.107. The number of anilines is 1. The summed E-state index contributed by atoms with van der Waals surface area (Å²) >= 11 is 0. The molecule has 1 aromatic carbocycles. The minimum Gasteiger partial charge on any atom is -0.368 e. The average molecular weight is 264 g/mol. The number of hydrogen-bond acceptors (Lipinski definition) is 2. The van der Waals surface area contributed by atoms with E-state index in [1.54, 1.807) is 6.07 Å². The van der Waals surface area contributed by atoms with Gasteiger partial charge in [-0.05, 0) is 37.1 Å². The molecule has 0 N–H and O–H groups in total. The Morgan fingerprint density at radius 3 is 2.53 bits per heavy atom. The third-order valence-electron chi connectivity index (χ3n) is 4.06.